The lowest BCUT2D eigenvalue weighted by Crippen LogP contribution is -2.24. The minimum Gasteiger partial charge on any atom is -0.479 e. The number of carboxylic acid groups (broad SMARTS) is 1. The summed E-state index contributed by atoms with van der Waals surface area (Å²) < 4.78 is 39.0. The first-order chi connectivity index (χ1) is 5.37. The van der Waals surface area contributed by atoms with E-state index in [4.69, 9.17) is 5.11 Å². The van der Waals surface area contributed by atoms with E-state index in [0.717, 1.165) is 7.11 Å². The molecule has 0 aliphatic rings. The molecule has 12 heavy (non-hydrogen) atoms. The van der Waals surface area contributed by atoms with Crippen molar-refractivity contribution in [1.29, 1.82) is 0 Å². The van der Waals surface area contributed by atoms with Crippen LogP contribution in [0.2, 0.25) is 0 Å². The molecule has 1 unspecified atom stereocenters. The summed E-state index contributed by atoms with van der Waals surface area (Å²) >= 11 is 0. The van der Waals surface area contributed by atoms with Crippen molar-refractivity contribution in [3.63, 3.8) is 0 Å². The van der Waals surface area contributed by atoms with E-state index in [1.807, 2.05) is 0 Å². The van der Waals surface area contributed by atoms with Crippen LogP contribution in [0.3, 0.4) is 0 Å². The molecule has 0 saturated heterocycles. The average Bonchev–Trinajstić information content (AvgIpc) is 1.85. The molecule has 0 aliphatic heterocycles. The van der Waals surface area contributed by atoms with Gasteiger partial charge in [0.05, 0.1) is 0 Å². The maximum Gasteiger partial charge on any atom is 0.389 e. The summed E-state index contributed by atoms with van der Waals surface area (Å²) in [4.78, 5) is 10.2. The second-order valence-corrected chi connectivity index (χ2v) is 2.22. The zero-order valence-corrected chi connectivity index (χ0v) is 6.39. The number of hydrogen-bond acceptors (Lipinski definition) is 2. The average molecular weight is 186 g/mol. The lowest BCUT2D eigenvalue weighted by molar-refractivity contribution is -0.157. The molecule has 0 radical (unpaired) electrons. The Morgan fingerprint density at radius 1 is 1.58 bits per heavy atom. The molecule has 3 nitrogen and oxygen atoms in total. The molecule has 0 spiro atoms. The largest absolute Gasteiger partial charge is 0.479 e. The van der Waals surface area contributed by atoms with E-state index in [1.165, 1.54) is 0 Å². The lowest BCUT2D eigenvalue weighted by atomic mass is 10.2. The van der Waals surface area contributed by atoms with Crippen LogP contribution in [0.1, 0.15) is 12.8 Å². The molecule has 0 fully saturated rings. The highest BCUT2D eigenvalue weighted by molar-refractivity contribution is 5.72. The smallest absolute Gasteiger partial charge is 0.389 e. The molecule has 0 amide bonds. The molecule has 0 aromatic heterocycles. The molecule has 0 saturated carbocycles. The van der Waals surface area contributed by atoms with E-state index < -0.39 is 31.1 Å². The zero-order valence-electron chi connectivity index (χ0n) is 6.39. The van der Waals surface area contributed by atoms with Crippen molar-refractivity contribution in [3.8, 4) is 0 Å². The number of ether oxygens (including phenoxy) is 1. The molecule has 1 atom stereocenters. The maximum absolute atomic E-state index is 11.6. The Kier molecular flexibility index (Phi) is 4.02. The number of rotatable bonds is 4. The summed E-state index contributed by atoms with van der Waals surface area (Å²) in [5.74, 6) is -1.37. The van der Waals surface area contributed by atoms with Gasteiger partial charge in [0.1, 0.15) is 0 Å². The van der Waals surface area contributed by atoms with Crippen LogP contribution < -0.4 is 0 Å². The van der Waals surface area contributed by atoms with Gasteiger partial charge in [-0.25, -0.2) is 4.79 Å². The van der Waals surface area contributed by atoms with Gasteiger partial charge in [0, 0.05) is 13.5 Å². The van der Waals surface area contributed by atoms with Gasteiger partial charge in [0.2, 0.25) is 0 Å². The van der Waals surface area contributed by atoms with Crippen molar-refractivity contribution in [3.05, 3.63) is 0 Å². The first-order valence-electron chi connectivity index (χ1n) is 3.19. The minimum atomic E-state index is -4.33. The van der Waals surface area contributed by atoms with Crippen LogP contribution in [-0.4, -0.2) is 30.5 Å². The molecular weight excluding hydrogens is 177 g/mol. The topological polar surface area (TPSA) is 46.5 Å². The first-order valence-corrected chi connectivity index (χ1v) is 3.19. The van der Waals surface area contributed by atoms with Gasteiger partial charge in [-0.3, -0.25) is 0 Å². The van der Waals surface area contributed by atoms with Crippen molar-refractivity contribution in [2.24, 2.45) is 0 Å². The van der Waals surface area contributed by atoms with Crippen LogP contribution in [0, 0.1) is 0 Å². The molecule has 0 aliphatic carbocycles. The Labute approximate surface area is 67.1 Å². The van der Waals surface area contributed by atoms with Crippen molar-refractivity contribution < 1.29 is 27.8 Å². The molecule has 72 valence electrons. The SMILES string of the molecule is COC(CCC(F)(F)F)C(=O)O. The van der Waals surface area contributed by atoms with E-state index >= 15 is 0 Å². The van der Waals surface area contributed by atoms with Gasteiger partial charge in [-0.1, -0.05) is 0 Å². The molecule has 0 aromatic rings. The summed E-state index contributed by atoms with van der Waals surface area (Å²) in [5.41, 5.74) is 0. The minimum absolute atomic E-state index is 0.546. The van der Waals surface area contributed by atoms with Crippen LogP contribution >= 0.6 is 0 Å². The van der Waals surface area contributed by atoms with Gasteiger partial charge in [-0.15, -0.1) is 0 Å². The highest BCUT2D eigenvalue weighted by atomic mass is 19.4. The summed E-state index contributed by atoms with van der Waals surface area (Å²) in [6.07, 6.45) is -7.38. The third-order valence-electron chi connectivity index (χ3n) is 1.25. The third kappa shape index (κ3) is 4.95. The number of halogens is 3. The number of carboxylic acids is 1. The van der Waals surface area contributed by atoms with Crippen LogP contribution in [0.4, 0.5) is 13.2 Å². The summed E-state index contributed by atoms with van der Waals surface area (Å²) in [5, 5.41) is 8.28. The Morgan fingerprint density at radius 2 is 2.08 bits per heavy atom. The fourth-order valence-corrected chi connectivity index (χ4v) is 0.637. The number of methoxy groups -OCH3 is 1. The molecule has 0 rings (SSSR count). The molecule has 0 bridgehead atoms. The monoisotopic (exact) mass is 186 g/mol. The fraction of sp³-hybridized carbons (Fsp3) is 0.833. The molecular formula is C6H9F3O3. The highest BCUT2D eigenvalue weighted by Gasteiger charge is 2.30. The molecule has 0 aromatic carbocycles. The van der Waals surface area contributed by atoms with Crippen LogP contribution in [0.5, 0.6) is 0 Å². The second-order valence-electron chi connectivity index (χ2n) is 2.22. The van der Waals surface area contributed by atoms with Crippen molar-refractivity contribution in [1.82, 2.24) is 0 Å². The van der Waals surface area contributed by atoms with Gasteiger partial charge in [0.15, 0.2) is 6.10 Å². The highest BCUT2D eigenvalue weighted by Crippen LogP contribution is 2.22. The predicted octanol–water partition coefficient (Wildman–Crippen LogP) is 1.43. The van der Waals surface area contributed by atoms with E-state index in [0.29, 0.717) is 0 Å². The van der Waals surface area contributed by atoms with E-state index in [9.17, 15) is 18.0 Å². The standard InChI is InChI=1S/C6H9F3O3/c1-12-4(5(10)11)2-3-6(7,8)9/h4H,2-3H2,1H3,(H,10,11). The number of alkyl halides is 3. The summed E-state index contributed by atoms with van der Waals surface area (Å²) in [6, 6.07) is 0. The van der Waals surface area contributed by atoms with E-state index in [1.54, 1.807) is 0 Å². The van der Waals surface area contributed by atoms with Crippen molar-refractivity contribution >= 4 is 5.97 Å². The summed E-state index contributed by atoms with van der Waals surface area (Å²) in [7, 11) is 1.06. The second kappa shape index (κ2) is 4.30. The predicted molar refractivity (Wildman–Crippen MR) is 33.7 cm³/mol. The fourth-order valence-electron chi connectivity index (χ4n) is 0.637. The van der Waals surface area contributed by atoms with Crippen LogP contribution in [0.25, 0.3) is 0 Å². The van der Waals surface area contributed by atoms with Crippen LogP contribution in [-0.2, 0) is 9.53 Å². The van der Waals surface area contributed by atoms with Crippen molar-refractivity contribution in [2.45, 2.75) is 25.1 Å². The quantitative estimate of drug-likeness (QED) is 0.722. The van der Waals surface area contributed by atoms with Gasteiger partial charge in [-0.05, 0) is 6.42 Å². The Balaban J connectivity index is 3.81. The van der Waals surface area contributed by atoms with Crippen molar-refractivity contribution in [2.75, 3.05) is 7.11 Å². The first kappa shape index (κ1) is 11.2. The molecule has 6 heteroatoms. The van der Waals surface area contributed by atoms with Gasteiger partial charge < -0.3 is 9.84 Å². The Hall–Kier alpha value is -0.780. The maximum atomic E-state index is 11.6. The number of hydrogen-bond donors (Lipinski definition) is 1. The number of aliphatic carboxylic acids is 1. The Morgan fingerprint density at radius 3 is 2.33 bits per heavy atom. The van der Waals surface area contributed by atoms with E-state index in [-0.39, 0.29) is 0 Å². The normalized spacial score (nSPS) is 14.3. The van der Waals surface area contributed by atoms with Gasteiger partial charge >= 0.3 is 12.1 Å². The number of carbonyl (C=O) groups is 1. The Bertz CT molecular complexity index is 155. The van der Waals surface area contributed by atoms with Gasteiger partial charge in [0.25, 0.3) is 0 Å². The molecule has 0 heterocycles. The lowest BCUT2D eigenvalue weighted by Gasteiger charge is -2.11. The van der Waals surface area contributed by atoms with Gasteiger partial charge in [-0.2, -0.15) is 13.2 Å². The molecule has 1 N–H and O–H groups in total. The summed E-state index contributed by atoms with van der Waals surface area (Å²) in [6.45, 7) is 0. The van der Waals surface area contributed by atoms with Crippen LogP contribution in [0.15, 0.2) is 0 Å². The zero-order chi connectivity index (χ0) is 9.78. The van der Waals surface area contributed by atoms with E-state index in [2.05, 4.69) is 4.74 Å². The third-order valence-corrected chi connectivity index (χ3v) is 1.25.